The van der Waals surface area contributed by atoms with Crippen LogP contribution in [-0.4, -0.2) is 56.6 Å². The second-order valence-electron chi connectivity index (χ2n) is 4.58. The minimum atomic E-state index is -0.248. The lowest BCUT2D eigenvalue weighted by molar-refractivity contribution is -0.130. The normalized spacial score (nSPS) is 10.8. The third-order valence-electron chi connectivity index (χ3n) is 2.82. The average molecular weight is 268 g/mol. The van der Waals surface area contributed by atoms with Crippen LogP contribution in [0.4, 0.5) is 4.39 Å². The van der Waals surface area contributed by atoms with E-state index in [0.29, 0.717) is 25.3 Å². The molecule has 0 spiro atoms. The van der Waals surface area contributed by atoms with Crippen LogP contribution < -0.4 is 0 Å². The Kier molecular flexibility index (Phi) is 6.45. The number of methoxy groups -OCH3 is 1. The first-order chi connectivity index (χ1) is 9.04. The van der Waals surface area contributed by atoms with Gasteiger partial charge < -0.3 is 9.64 Å². The summed E-state index contributed by atoms with van der Waals surface area (Å²) >= 11 is 0. The number of carbonyl (C=O) groups excluding carboxylic acids is 1. The molecule has 19 heavy (non-hydrogen) atoms. The van der Waals surface area contributed by atoms with E-state index in [1.165, 1.54) is 11.0 Å². The number of amides is 1. The Morgan fingerprint density at radius 1 is 1.32 bits per heavy atom. The highest BCUT2D eigenvalue weighted by atomic mass is 19.1. The number of ether oxygens (including phenoxy) is 1. The van der Waals surface area contributed by atoms with Crippen molar-refractivity contribution in [2.75, 3.05) is 40.9 Å². The highest BCUT2D eigenvalue weighted by molar-refractivity contribution is 5.77. The number of hydrogen-bond acceptors (Lipinski definition) is 3. The molecule has 5 heteroatoms. The van der Waals surface area contributed by atoms with Crippen molar-refractivity contribution in [3.8, 4) is 0 Å². The fourth-order valence-electron chi connectivity index (χ4n) is 1.63. The number of likely N-dealkylation sites (N-methyl/N-ethyl adjacent to an activating group) is 1. The van der Waals surface area contributed by atoms with E-state index in [4.69, 9.17) is 4.74 Å². The quantitative estimate of drug-likeness (QED) is 0.748. The maximum absolute atomic E-state index is 13.6. The van der Waals surface area contributed by atoms with Crippen LogP contribution >= 0.6 is 0 Å². The number of benzene rings is 1. The van der Waals surface area contributed by atoms with Gasteiger partial charge in [0.15, 0.2) is 0 Å². The second-order valence-corrected chi connectivity index (χ2v) is 4.58. The molecule has 0 aromatic heterocycles. The minimum Gasteiger partial charge on any atom is -0.383 e. The molecule has 0 unspecified atom stereocenters. The highest BCUT2D eigenvalue weighted by Gasteiger charge is 2.14. The maximum atomic E-state index is 13.6. The van der Waals surface area contributed by atoms with Crippen molar-refractivity contribution >= 4 is 5.91 Å². The Morgan fingerprint density at radius 3 is 2.58 bits per heavy atom. The molecular weight excluding hydrogens is 247 g/mol. The zero-order valence-electron chi connectivity index (χ0n) is 11.7. The molecule has 0 N–H and O–H groups in total. The number of rotatable bonds is 7. The third kappa shape index (κ3) is 5.36. The van der Waals surface area contributed by atoms with Crippen LogP contribution in [0, 0.1) is 5.82 Å². The summed E-state index contributed by atoms with van der Waals surface area (Å²) in [6.45, 7) is 1.75. The average Bonchev–Trinajstić information content (AvgIpc) is 2.38. The molecule has 106 valence electrons. The van der Waals surface area contributed by atoms with E-state index >= 15 is 0 Å². The summed E-state index contributed by atoms with van der Waals surface area (Å²) < 4.78 is 18.6. The summed E-state index contributed by atoms with van der Waals surface area (Å²) in [5.74, 6) is -0.255. The van der Waals surface area contributed by atoms with Crippen molar-refractivity contribution in [2.24, 2.45) is 0 Å². The predicted octanol–water partition coefficient (Wildman–Crippen LogP) is 1.36. The van der Waals surface area contributed by atoms with Gasteiger partial charge in [0.1, 0.15) is 5.82 Å². The summed E-state index contributed by atoms with van der Waals surface area (Å²) in [5, 5.41) is 0. The molecule has 1 rings (SSSR count). The van der Waals surface area contributed by atoms with Crippen LogP contribution in [0.2, 0.25) is 0 Å². The third-order valence-corrected chi connectivity index (χ3v) is 2.82. The van der Waals surface area contributed by atoms with Crippen LogP contribution in [0.3, 0.4) is 0 Å². The van der Waals surface area contributed by atoms with Crippen LogP contribution in [0.1, 0.15) is 5.56 Å². The van der Waals surface area contributed by atoms with Crippen LogP contribution in [0.5, 0.6) is 0 Å². The molecule has 0 saturated carbocycles. The minimum absolute atomic E-state index is 0.00700. The lowest BCUT2D eigenvalue weighted by Gasteiger charge is -2.23. The fraction of sp³-hybridized carbons (Fsp3) is 0.500. The van der Waals surface area contributed by atoms with E-state index in [-0.39, 0.29) is 18.3 Å². The van der Waals surface area contributed by atoms with Gasteiger partial charge in [0.05, 0.1) is 13.2 Å². The van der Waals surface area contributed by atoms with Gasteiger partial charge in [0.25, 0.3) is 0 Å². The van der Waals surface area contributed by atoms with Crippen molar-refractivity contribution < 1.29 is 13.9 Å². The highest BCUT2D eigenvalue weighted by Crippen LogP contribution is 2.09. The molecule has 0 radical (unpaired) electrons. The van der Waals surface area contributed by atoms with Crippen molar-refractivity contribution in [1.29, 1.82) is 0 Å². The van der Waals surface area contributed by atoms with E-state index < -0.39 is 0 Å². The van der Waals surface area contributed by atoms with Gasteiger partial charge in [-0.05, 0) is 6.07 Å². The SMILES string of the molecule is COCCN(CC(=O)N(C)C)Cc1ccccc1F. The lowest BCUT2D eigenvalue weighted by Crippen LogP contribution is -2.38. The van der Waals surface area contributed by atoms with Crippen LogP contribution in [0.15, 0.2) is 24.3 Å². The first kappa shape index (κ1) is 15.6. The number of halogens is 1. The van der Waals surface area contributed by atoms with Gasteiger partial charge in [-0.3, -0.25) is 9.69 Å². The molecule has 0 saturated heterocycles. The van der Waals surface area contributed by atoms with E-state index in [1.54, 1.807) is 39.4 Å². The van der Waals surface area contributed by atoms with Gasteiger partial charge >= 0.3 is 0 Å². The summed E-state index contributed by atoms with van der Waals surface area (Å²) in [6.07, 6.45) is 0. The number of hydrogen-bond donors (Lipinski definition) is 0. The van der Waals surface area contributed by atoms with Gasteiger partial charge in [-0.2, -0.15) is 0 Å². The van der Waals surface area contributed by atoms with E-state index in [9.17, 15) is 9.18 Å². The summed E-state index contributed by atoms with van der Waals surface area (Å²) in [6, 6.07) is 6.61. The summed E-state index contributed by atoms with van der Waals surface area (Å²) in [5.41, 5.74) is 0.588. The van der Waals surface area contributed by atoms with Gasteiger partial charge in [0.2, 0.25) is 5.91 Å². The Labute approximate surface area is 113 Å². The second kappa shape index (κ2) is 7.86. The van der Waals surface area contributed by atoms with Gasteiger partial charge in [-0.15, -0.1) is 0 Å². The Hall–Kier alpha value is -1.46. The van der Waals surface area contributed by atoms with E-state index in [1.807, 2.05) is 4.90 Å². The molecular formula is C14H21FN2O2. The Morgan fingerprint density at radius 2 is 2.00 bits per heavy atom. The van der Waals surface area contributed by atoms with E-state index in [0.717, 1.165) is 0 Å². The molecule has 0 aliphatic rings. The maximum Gasteiger partial charge on any atom is 0.236 e. The number of nitrogens with zero attached hydrogens (tertiary/aromatic N) is 2. The standard InChI is InChI=1S/C14H21FN2O2/c1-16(2)14(18)11-17(8-9-19-3)10-12-6-4-5-7-13(12)15/h4-7H,8-11H2,1-3H3. The molecule has 0 fully saturated rings. The molecule has 0 heterocycles. The summed E-state index contributed by atoms with van der Waals surface area (Å²) in [4.78, 5) is 15.1. The molecule has 0 atom stereocenters. The van der Waals surface area contributed by atoms with Crippen LogP contribution in [0.25, 0.3) is 0 Å². The van der Waals surface area contributed by atoms with Crippen molar-refractivity contribution in [3.63, 3.8) is 0 Å². The monoisotopic (exact) mass is 268 g/mol. The number of carbonyl (C=O) groups is 1. The van der Waals surface area contributed by atoms with Crippen molar-refractivity contribution in [1.82, 2.24) is 9.80 Å². The van der Waals surface area contributed by atoms with Crippen LogP contribution in [-0.2, 0) is 16.1 Å². The van der Waals surface area contributed by atoms with Crippen molar-refractivity contribution in [2.45, 2.75) is 6.54 Å². The van der Waals surface area contributed by atoms with Gasteiger partial charge in [-0.1, -0.05) is 18.2 Å². The Balaban J connectivity index is 2.69. The van der Waals surface area contributed by atoms with E-state index in [2.05, 4.69) is 0 Å². The molecule has 0 aliphatic carbocycles. The van der Waals surface area contributed by atoms with Gasteiger partial charge in [0, 0.05) is 39.9 Å². The molecule has 0 aliphatic heterocycles. The zero-order valence-corrected chi connectivity index (χ0v) is 11.7. The summed E-state index contributed by atoms with van der Waals surface area (Å²) in [7, 11) is 5.02. The Bertz CT molecular complexity index is 410. The molecule has 1 aromatic rings. The first-order valence-corrected chi connectivity index (χ1v) is 6.19. The molecule has 0 bridgehead atoms. The smallest absolute Gasteiger partial charge is 0.236 e. The largest absolute Gasteiger partial charge is 0.383 e. The van der Waals surface area contributed by atoms with Crippen molar-refractivity contribution in [3.05, 3.63) is 35.6 Å². The molecule has 1 aromatic carbocycles. The first-order valence-electron chi connectivity index (χ1n) is 6.19. The molecule has 1 amide bonds. The predicted molar refractivity (Wildman–Crippen MR) is 72.2 cm³/mol. The van der Waals surface area contributed by atoms with Gasteiger partial charge in [-0.25, -0.2) is 4.39 Å². The topological polar surface area (TPSA) is 32.8 Å². The lowest BCUT2D eigenvalue weighted by atomic mass is 10.2. The fourth-order valence-corrected chi connectivity index (χ4v) is 1.63. The zero-order chi connectivity index (χ0) is 14.3. The molecule has 4 nitrogen and oxygen atoms in total.